The van der Waals surface area contributed by atoms with Crippen LogP contribution in [0.5, 0.6) is 0 Å². The summed E-state index contributed by atoms with van der Waals surface area (Å²) in [6.45, 7) is 10.1. The van der Waals surface area contributed by atoms with Crippen LogP contribution >= 0.6 is 0 Å². The highest BCUT2D eigenvalue weighted by molar-refractivity contribution is 5.87. The molecule has 0 radical (unpaired) electrons. The van der Waals surface area contributed by atoms with E-state index in [2.05, 4.69) is 35.3 Å². The molecule has 9 nitrogen and oxygen atoms in total. The number of aliphatic carboxylic acids is 1. The van der Waals surface area contributed by atoms with E-state index in [0.29, 0.717) is 12.5 Å². The fourth-order valence-electron chi connectivity index (χ4n) is 3.22. The van der Waals surface area contributed by atoms with Crippen molar-refractivity contribution in [2.75, 3.05) is 6.54 Å². The number of amides is 3. The van der Waals surface area contributed by atoms with E-state index in [1.807, 2.05) is 13.8 Å². The average Bonchev–Trinajstić information content (AvgIpc) is 2.64. The maximum Gasteiger partial charge on any atom is 0.331 e. The number of carboxylic acid groups (broad SMARTS) is 1. The van der Waals surface area contributed by atoms with Gasteiger partial charge < -0.3 is 20.5 Å². The molecule has 0 spiro atoms. The molecule has 0 aromatic heterocycles. The summed E-state index contributed by atoms with van der Waals surface area (Å²) in [6, 6.07) is -1.68. The molecule has 29 heavy (non-hydrogen) atoms. The molecule has 0 aromatic rings. The number of rotatable bonds is 11. The minimum Gasteiger partial charge on any atom is -0.478 e. The Kier molecular flexibility index (Phi) is 10.7. The highest BCUT2D eigenvalue weighted by atomic mass is 16.5. The number of hydrogen-bond donors (Lipinski definition) is 5. The molecule has 0 aromatic carbocycles. The van der Waals surface area contributed by atoms with Crippen molar-refractivity contribution in [2.24, 2.45) is 5.92 Å². The molecule has 3 atom stereocenters. The number of carbonyl (C=O) groups excluding carboxylic acids is 2. The van der Waals surface area contributed by atoms with E-state index in [4.69, 9.17) is 4.74 Å². The van der Waals surface area contributed by atoms with Gasteiger partial charge in [-0.3, -0.25) is 10.2 Å². The zero-order valence-corrected chi connectivity index (χ0v) is 18.1. The number of nitrogens with one attached hydrogen (secondary N) is 4. The summed E-state index contributed by atoms with van der Waals surface area (Å²) in [5, 5.41) is 15.1. The molecule has 9 heteroatoms. The van der Waals surface area contributed by atoms with E-state index >= 15 is 0 Å². The lowest BCUT2D eigenvalue weighted by atomic mass is 9.87. The minimum absolute atomic E-state index is 0.0761. The van der Waals surface area contributed by atoms with Crippen LogP contribution < -0.4 is 21.5 Å². The summed E-state index contributed by atoms with van der Waals surface area (Å²) < 4.78 is 6.08. The van der Waals surface area contributed by atoms with Gasteiger partial charge in [0.2, 0.25) is 5.91 Å². The maximum absolute atomic E-state index is 12.3. The van der Waals surface area contributed by atoms with Gasteiger partial charge in [-0.15, -0.1) is 0 Å². The van der Waals surface area contributed by atoms with Gasteiger partial charge in [0, 0.05) is 25.5 Å². The Labute approximate surface area is 173 Å². The molecule has 0 unspecified atom stereocenters. The standard InChI is InChI=1S/C20H36N4O5/c1-6-15(7-2)29-17-11-14(19(26)27)10-16(18(17)22-13(5)25)23-20(28)24-21-9-8-12(3)4/h11-12,15-18,21H,6-10H2,1-5H3,(H,22,25)(H,26,27)(H2,23,24,28)/t16-,17+,18+/m0/s1. The lowest BCUT2D eigenvalue weighted by Crippen LogP contribution is -2.61. The number of carboxylic acids is 1. The molecule has 166 valence electrons. The number of carbonyl (C=O) groups is 3. The fraction of sp³-hybridized carbons (Fsp3) is 0.750. The van der Waals surface area contributed by atoms with Crippen LogP contribution in [0, 0.1) is 5.92 Å². The van der Waals surface area contributed by atoms with Crippen molar-refractivity contribution in [1.82, 2.24) is 21.5 Å². The Hall–Kier alpha value is -2.13. The fourth-order valence-corrected chi connectivity index (χ4v) is 3.22. The largest absolute Gasteiger partial charge is 0.478 e. The first-order valence-corrected chi connectivity index (χ1v) is 10.3. The van der Waals surface area contributed by atoms with Gasteiger partial charge in [0.05, 0.1) is 24.3 Å². The van der Waals surface area contributed by atoms with Crippen molar-refractivity contribution in [3.63, 3.8) is 0 Å². The SMILES string of the molecule is CCC(CC)O[C@@H]1C=C(C(=O)O)C[C@H](NC(=O)NNCCC(C)C)[C@H]1NC(C)=O. The Morgan fingerprint density at radius 3 is 2.38 bits per heavy atom. The van der Waals surface area contributed by atoms with Crippen molar-refractivity contribution in [1.29, 1.82) is 0 Å². The Morgan fingerprint density at radius 2 is 1.86 bits per heavy atom. The number of hydrogen-bond acceptors (Lipinski definition) is 5. The molecule has 1 rings (SSSR count). The van der Waals surface area contributed by atoms with Gasteiger partial charge in [0.1, 0.15) is 0 Å². The summed E-state index contributed by atoms with van der Waals surface area (Å²) in [6.07, 6.45) is 3.31. The molecule has 3 amide bonds. The highest BCUT2D eigenvalue weighted by Gasteiger charge is 2.38. The summed E-state index contributed by atoms with van der Waals surface area (Å²) in [4.78, 5) is 35.7. The smallest absolute Gasteiger partial charge is 0.331 e. The zero-order valence-electron chi connectivity index (χ0n) is 18.1. The predicted octanol–water partition coefficient (Wildman–Crippen LogP) is 1.70. The highest BCUT2D eigenvalue weighted by Crippen LogP contribution is 2.24. The molecular formula is C20H36N4O5. The summed E-state index contributed by atoms with van der Waals surface area (Å²) in [5.41, 5.74) is 5.56. The van der Waals surface area contributed by atoms with Crippen molar-refractivity contribution in [3.8, 4) is 0 Å². The van der Waals surface area contributed by atoms with Crippen LogP contribution in [-0.4, -0.2) is 53.9 Å². The topological polar surface area (TPSA) is 129 Å². The van der Waals surface area contributed by atoms with E-state index < -0.39 is 30.2 Å². The lowest BCUT2D eigenvalue weighted by Gasteiger charge is -2.38. The van der Waals surface area contributed by atoms with Crippen molar-refractivity contribution in [3.05, 3.63) is 11.6 Å². The molecule has 0 heterocycles. The van der Waals surface area contributed by atoms with Crippen molar-refractivity contribution >= 4 is 17.9 Å². The van der Waals surface area contributed by atoms with Gasteiger partial charge in [0.15, 0.2) is 0 Å². The van der Waals surface area contributed by atoms with Crippen molar-refractivity contribution < 1.29 is 24.2 Å². The predicted molar refractivity (Wildman–Crippen MR) is 110 cm³/mol. The number of ether oxygens (including phenoxy) is 1. The second kappa shape index (κ2) is 12.4. The molecular weight excluding hydrogens is 376 g/mol. The molecule has 1 aliphatic rings. The van der Waals surface area contributed by atoms with Crippen molar-refractivity contribution in [2.45, 2.75) is 84.6 Å². The Bertz CT molecular complexity index is 589. The van der Waals surface area contributed by atoms with E-state index in [1.165, 1.54) is 13.0 Å². The van der Waals surface area contributed by atoms with Gasteiger partial charge >= 0.3 is 12.0 Å². The van der Waals surface area contributed by atoms with Crippen LogP contribution in [0.3, 0.4) is 0 Å². The van der Waals surface area contributed by atoms with E-state index in [1.54, 1.807) is 0 Å². The average molecular weight is 413 g/mol. The van der Waals surface area contributed by atoms with Gasteiger partial charge in [-0.2, -0.15) is 0 Å². The lowest BCUT2D eigenvalue weighted by molar-refractivity contribution is -0.133. The van der Waals surface area contributed by atoms with Crippen LogP contribution in [-0.2, 0) is 14.3 Å². The van der Waals surface area contributed by atoms with E-state index in [9.17, 15) is 19.5 Å². The first-order chi connectivity index (χ1) is 13.7. The molecule has 0 aliphatic heterocycles. The zero-order chi connectivity index (χ0) is 22.0. The van der Waals surface area contributed by atoms with Gasteiger partial charge in [-0.05, 0) is 31.3 Å². The number of hydrazine groups is 1. The summed E-state index contributed by atoms with van der Waals surface area (Å²) in [7, 11) is 0. The quantitative estimate of drug-likeness (QED) is 0.259. The van der Waals surface area contributed by atoms with E-state index in [-0.39, 0.29) is 24.0 Å². The molecule has 5 N–H and O–H groups in total. The second-order valence-electron chi connectivity index (χ2n) is 7.78. The molecule has 0 saturated carbocycles. The third-order valence-corrected chi connectivity index (χ3v) is 4.86. The van der Waals surface area contributed by atoms with Crippen LogP contribution in [0.2, 0.25) is 0 Å². The van der Waals surface area contributed by atoms with Crippen LogP contribution in [0.4, 0.5) is 4.79 Å². The molecule has 0 saturated heterocycles. The maximum atomic E-state index is 12.3. The monoisotopic (exact) mass is 412 g/mol. The molecule has 1 aliphatic carbocycles. The van der Waals surface area contributed by atoms with Crippen LogP contribution in [0.15, 0.2) is 11.6 Å². The first-order valence-electron chi connectivity index (χ1n) is 10.3. The molecule has 0 fully saturated rings. The minimum atomic E-state index is -1.06. The summed E-state index contributed by atoms with van der Waals surface area (Å²) in [5.74, 6) is -0.838. The van der Waals surface area contributed by atoms with Crippen LogP contribution in [0.25, 0.3) is 0 Å². The third-order valence-electron chi connectivity index (χ3n) is 4.86. The summed E-state index contributed by atoms with van der Waals surface area (Å²) >= 11 is 0. The normalized spacial score (nSPS) is 21.6. The second-order valence-corrected chi connectivity index (χ2v) is 7.78. The third kappa shape index (κ3) is 8.82. The Morgan fingerprint density at radius 1 is 1.21 bits per heavy atom. The number of urea groups is 1. The Balaban J connectivity index is 2.93. The van der Waals surface area contributed by atoms with Crippen LogP contribution in [0.1, 0.15) is 60.3 Å². The first kappa shape index (κ1) is 24.9. The van der Waals surface area contributed by atoms with E-state index in [0.717, 1.165) is 19.3 Å². The molecule has 0 bridgehead atoms. The van der Waals surface area contributed by atoms with Gasteiger partial charge in [-0.25, -0.2) is 15.0 Å². The van der Waals surface area contributed by atoms with Gasteiger partial charge in [0.25, 0.3) is 0 Å². The van der Waals surface area contributed by atoms with Gasteiger partial charge in [-0.1, -0.05) is 27.7 Å².